The van der Waals surface area contributed by atoms with Gasteiger partial charge in [-0.15, -0.1) is 0 Å². The Hall–Kier alpha value is -1.13. The van der Waals surface area contributed by atoms with E-state index in [0.717, 1.165) is 25.7 Å². The standard InChI is InChI=1S/C13H18ClN3O/c1-9-4-2-6-13(15,8-9)12(18)17-10-5-3-7-16-11(10)14/h3,5,7,9H,2,4,6,8,15H2,1H3,(H,17,18). The molecule has 2 atom stereocenters. The van der Waals surface area contributed by atoms with Gasteiger partial charge in [-0.2, -0.15) is 0 Å². The highest BCUT2D eigenvalue weighted by molar-refractivity contribution is 6.32. The van der Waals surface area contributed by atoms with Crippen LogP contribution in [0.1, 0.15) is 32.6 Å². The normalized spacial score (nSPS) is 27.8. The Morgan fingerprint density at radius 1 is 1.67 bits per heavy atom. The summed E-state index contributed by atoms with van der Waals surface area (Å²) in [6, 6.07) is 3.46. The molecule has 1 amide bonds. The van der Waals surface area contributed by atoms with Gasteiger partial charge in [-0.05, 0) is 30.9 Å². The molecule has 0 aliphatic heterocycles. The minimum absolute atomic E-state index is 0.163. The maximum absolute atomic E-state index is 12.3. The van der Waals surface area contributed by atoms with Crippen molar-refractivity contribution in [2.75, 3.05) is 5.32 Å². The minimum atomic E-state index is -0.781. The molecule has 1 saturated carbocycles. The molecule has 0 spiro atoms. The number of hydrogen-bond donors (Lipinski definition) is 2. The highest BCUT2D eigenvalue weighted by Gasteiger charge is 2.38. The second kappa shape index (κ2) is 5.24. The Bertz CT molecular complexity index is 452. The molecule has 5 heteroatoms. The van der Waals surface area contributed by atoms with Crippen LogP contribution in [0.15, 0.2) is 18.3 Å². The van der Waals surface area contributed by atoms with Gasteiger partial charge in [0, 0.05) is 6.20 Å². The lowest BCUT2D eigenvalue weighted by Crippen LogP contribution is -2.53. The molecular weight excluding hydrogens is 250 g/mol. The lowest BCUT2D eigenvalue weighted by molar-refractivity contribution is -0.122. The first-order valence-electron chi connectivity index (χ1n) is 6.22. The Labute approximate surface area is 112 Å². The third kappa shape index (κ3) is 2.82. The van der Waals surface area contributed by atoms with Gasteiger partial charge >= 0.3 is 0 Å². The van der Waals surface area contributed by atoms with Gasteiger partial charge in [0.15, 0.2) is 5.15 Å². The van der Waals surface area contributed by atoms with E-state index in [4.69, 9.17) is 17.3 Å². The Balaban J connectivity index is 2.10. The van der Waals surface area contributed by atoms with Crippen molar-refractivity contribution in [2.24, 2.45) is 11.7 Å². The molecule has 0 bridgehead atoms. The molecule has 1 fully saturated rings. The summed E-state index contributed by atoms with van der Waals surface area (Å²) in [4.78, 5) is 16.2. The molecule has 98 valence electrons. The number of pyridine rings is 1. The number of nitrogens with two attached hydrogens (primary N) is 1. The fourth-order valence-corrected chi connectivity index (χ4v) is 2.69. The summed E-state index contributed by atoms with van der Waals surface area (Å²) in [7, 11) is 0. The molecule has 18 heavy (non-hydrogen) atoms. The first-order chi connectivity index (χ1) is 8.51. The van der Waals surface area contributed by atoms with Crippen LogP contribution in [-0.2, 0) is 4.79 Å². The van der Waals surface area contributed by atoms with Gasteiger partial charge in [0.25, 0.3) is 0 Å². The first-order valence-corrected chi connectivity index (χ1v) is 6.60. The van der Waals surface area contributed by atoms with E-state index in [2.05, 4.69) is 17.2 Å². The van der Waals surface area contributed by atoms with Crippen LogP contribution in [0.4, 0.5) is 5.69 Å². The van der Waals surface area contributed by atoms with Crippen LogP contribution in [0.25, 0.3) is 0 Å². The monoisotopic (exact) mass is 267 g/mol. The van der Waals surface area contributed by atoms with Gasteiger partial charge < -0.3 is 11.1 Å². The minimum Gasteiger partial charge on any atom is -0.322 e. The predicted molar refractivity (Wildman–Crippen MR) is 72.4 cm³/mol. The zero-order valence-corrected chi connectivity index (χ0v) is 11.2. The molecular formula is C13H18ClN3O. The largest absolute Gasteiger partial charge is 0.322 e. The van der Waals surface area contributed by atoms with Crippen LogP contribution in [0.2, 0.25) is 5.15 Å². The van der Waals surface area contributed by atoms with Crippen molar-refractivity contribution >= 4 is 23.2 Å². The Kier molecular flexibility index (Phi) is 3.88. The SMILES string of the molecule is CC1CCCC(N)(C(=O)Nc2cccnc2Cl)C1. The molecule has 0 aromatic carbocycles. The van der Waals surface area contributed by atoms with Crippen molar-refractivity contribution < 1.29 is 4.79 Å². The van der Waals surface area contributed by atoms with Gasteiger partial charge in [-0.1, -0.05) is 31.4 Å². The molecule has 1 aliphatic carbocycles. The van der Waals surface area contributed by atoms with E-state index >= 15 is 0 Å². The number of amides is 1. The van der Waals surface area contributed by atoms with Gasteiger partial charge in [0.1, 0.15) is 0 Å². The number of nitrogens with one attached hydrogen (secondary N) is 1. The molecule has 2 unspecified atom stereocenters. The van der Waals surface area contributed by atoms with Crippen molar-refractivity contribution in [3.63, 3.8) is 0 Å². The zero-order valence-electron chi connectivity index (χ0n) is 10.4. The first kappa shape index (κ1) is 13.3. The molecule has 0 radical (unpaired) electrons. The van der Waals surface area contributed by atoms with Crippen molar-refractivity contribution in [3.05, 3.63) is 23.5 Å². The van der Waals surface area contributed by atoms with Crippen molar-refractivity contribution in [1.82, 2.24) is 4.98 Å². The maximum Gasteiger partial charge on any atom is 0.244 e. The predicted octanol–water partition coefficient (Wildman–Crippen LogP) is 2.58. The summed E-state index contributed by atoms with van der Waals surface area (Å²) >= 11 is 5.91. The maximum atomic E-state index is 12.3. The summed E-state index contributed by atoms with van der Waals surface area (Å²) in [6.07, 6.45) is 5.16. The second-order valence-electron chi connectivity index (χ2n) is 5.15. The van der Waals surface area contributed by atoms with Gasteiger partial charge in [0.05, 0.1) is 11.2 Å². The van der Waals surface area contributed by atoms with Crippen molar-refractivity contribution in [3.8, 4) is 0 Å². The zero-order chi connectivity index (χ0) is 13.2. The van der Waals surface area contributed by atoms with Crippen molar-refractivity contribution in [2.45, 2.75) is 38.1 Å². The van der Waals surface area contributed by atoms with Gasteiger partial charge in [-0.3, -0.25) is 4.79 Å². The van der Waals surface area contributed by atoms with Gasteiger partial charge in [-0.25, -0.2) is 4.98 Å². The average Bonchev–Trinajstić information content (AvgIpc) is 2.31. The fourth-order valence-electron chi connectivity index (χ4n) is 2.52. The van der Waals surface area contributed by atoms with E-state index in [1.54, 1.807) is 18.3 Å². The van der Waals surface area contributed by atoms with E-state index in [0.29, 0.717) is 16.8 Å². The number of carbonyl (C=O) groups excluding carboxylic acids is 1. The van der Waals surface area contributed by atoms with Crippen LogP contribution in [0.3, 0.4) is 0 Å². The van der Waals surface area contributed by atoms with Crippen LogP contribution >= 0.6 is 11.6 Å². The summed E-state index contributed by atoms with van der Waals surface area (Å²) in [5, 5.41) is 3.07. The third-order valence-corrected chi connectivity index (χ3v) is 3.79. The van der Waals surface area contributed by atoms with E-state index in [1.165, 1.54) is 0 Å². The molecule has 1 aliphatic rings. The Morgan fingerprint density at radius 3 is 3.11 bits per heavy atom. The summed E-state index contributed by atoms with van der Waals surface area (Å²) in [5.41, 5.74) is 5.96. The number of anilines is 1. The molecule has 2 rings (SSSR count). The number of aromatic nitrogens is 1. The molecule has 1 aromatic rings. The van der Waals surface area contributed by atoms with Crippen LogP contribution in [-0.4, -0.2) is 16.4 Å². The Morgan fingerprint density at radius 2 is 2.44 bits per heavy atom. The molecule has 4 nitrogen and oxygen atoms in total. The quantitative estimate of drug-likeness (QED) is 0.810. The van der Waals surface area contributed by atoms with E-state index in [9.17, 15) is 4.79 Å². The summed E-state index contributed by atoms with van der Waals surface area (Å²) < 4.78 is 0. The number of carbonyl (C=O) groups is 1. The molecule has 1 heterocycles. The van der Waals surface area contributed by atoms with E-state index in [-0.39, 0.29) is 5.91 Å². The van der Waals surface area contributed by atoms with Crippen LogP contribution in [0, 0.1) is 5.92 Å². The highest BCUT2D eigenvalue weighted by Crippen LogP contribution is 2.31. The van der Waals surface area contributed by atoms with Crippen LogP contribution in [0.5, 0.6) is 0 Å². The lowest BCUT2D eigenvalue weighted by Gasteiger charge is -2.35. The number of hydrogen-bond acceptors (Lipinski definition) is 3. The summed E-state index contributed by atoms with van der Waals surface area (Å²) in [6.45, 7) is 2.13. The molecule has 0 saturated heterocycles. The number of nitrogens with zero attached hydrogens (tertiary/aromatic N) is 1. The summed E-state index contributed by atoms with van der Waals surface area (Å²) in [5.74, 6) is 0.322. The smallest absolute Gasteiger partial charge is 0.244 e. The topological polar surface area (TPSA) is 68.0 Å². The fraction of sp³-hybridized carbons (Fsp3) is 0.538. The van der Waals surface area contributed by atoms with E-state index in [1.807, 2.05) is 0 Å². The number of halogens is 1. The lowest BCUT2D eigenvalue weighted by atomic mass is 9.76. The second-order valence-corrected chi connectivity index (χ2v) is 5.51. The van der Waals surface area contributed by atoms with Crippen molar-refractivity contribution in [1.29, 1.82) is 0 Å². The molecule has 1 aromatic heterocycles. The average molecular weight is 268 g/mol. The molecule has 3 N–H and O–H groups in total. The van der Waals surface area contributed by atoms with Gasteiger partial charge in [0.2, 0.25) is 5.91 Å². The van der Waals surface area contributed by atoms with Crippen LogP contribution < -0.4 is 11.1 Å². The highest BCUT2D eigenvalue weighted by atomic mass is 35.5. The van der Waals surface area contributed by atoms with E-state index < -0.39 is 5.54 Å². The third-order valence-electron chi connectivity index (χ3n) is 3.49. The number of rotatable bonds is 2.